The zero-order chi connectivity index (χ0) is 14.2. The first-order chi connectivity index (χ1) is 9.79. The van der Waals surface area contributed by atoms with Crippen LogP contribution in [0.15, 0.2) is 53.0 Å². The highest BCUT2D eigenvalue weighted by Crippen LogP contribution is 2.22. The Morgan fingerprint density at radius 1 is 1.00 bits per heavy atom. The van der Waals surface area contributed by atoms with Crippen molar-refractivity contribution in [3.63, 3.8) is 0 Å². The number of unbranched alkanes of at least 4 members (excludes halogenated alkanes) is 1. The summed E-state index contributed by atoms with van der Waals surface area (Å²) in [6.07, 6.45) is 3.31. The molecule has 0 unspecified atom stereocenters. The molecule has 3 heteroatoms. The zero-order valence-corrected chi connectivity index (χ0v) is 13.1. The SMILES string of the molecule is NCc1cc(OCCCCc2ccccc2)ccc1Br. The Labute approximate surface area is 129 Å². The van der Waals surface area contributed by atoms with Crippen molar-refractivity contribution in [1.82, 2.24) is 0 Å². The average molecular weight is 334 g/mol. The molecule has 0 atom stereocenters. The highest BCUT2D eigenvalue weighted by Gasteiger charge is 2.01. The van der Waals surface area contributed by atoms with E-state index < -0.39 is 0 Å². The second-order valence-electron chi connectivity index (χ2n) is 4.75. The van der Waals surface area contributed by atoms with Crippen LogP contribution in [0.5, 0.6) is 5.75 Å². The van der Waals surface area contributed by atoms with E-state index in [-0.39, 0.29) is 0 Å². The molecule has 0 saturated heterocycles. The highest BCUT2D eigenvalue weighted by molar-refractivity contribution is 9.10. The Kier molecular flexibility index (Phi) is 6.09. The van der Waals surface area contributed by atoms with Crippen LogP contribution < -0.4 is 10.5 Å². The van der Waals surface area contributed by atoms with Crippen LogP contribution in [0.25, 0.3) is 0 Å². The van der Waals surface area contributed by atoms with Crippen LogP contribution in [0, 0.1) is 0 Å². The van der Waals surface area contributed by atoms with E-state index in [2.05, 4.69) is 46.3 Å². The van der Waals surface area contributed by atoms with E-state index in [4.69, 9.17) is 10.5 Å². The van der Waals surface area contributed by atoms with Crippen LogP contribution in [0.4, 0.5) is 0 Å². The Morgan fingerprint density at radius 3 is 2.55 bits per heavy atom. The van der Waals surface area contributed by atoms with Gasteiger partial charge in [-0.1, -0.05) is 46.3 Å². The first-order valence-corrected chi connectivity index (χ1v) is 7.74. The van der Waals surface area contributed by atoms with Crippen LogP contribution in [0.2, 0.25) is 0 Å². The van der Waals surface area contributed by atoms with Gasteiger partial charge in [-0.2, -0.15) is 0 Å². The molecule has 0 radical (unpaired) electrons. The molecule has 0 spiro atoms. The number of ether oxygens (including phenoxy) is 1. The van der Waals surface area contributed by atoms with Crippen LogP contribution in [-0.4, -0.2) is 6.61 Å². The number of nitrogens with two attached hydrogens (primary N) is 1. The lowest BCUT2D eigenvalue weighted by atomic mass is 10.1. The molecule has 2 nitrogen and oxygen atoms in total. The van der Waals surface area contributed by atoms with Crippen molar-refractivity contribution < 1.29 is 4.74 Å². The molecule has 0 heterocycles. The molecular formula is C17H20BrNO. The molecule has 0 aliphatic rings. The predicted molar refractivity (Wildman–Crippen MR) is 86.9 cm³/mol. The molecule has 0 amide bonds. The minimum atomic E-state index is 0.520. The Bertz CT molecular complexity index is 528. The Morgan fingerprint density at radius 2 is 1.80 bits per heavy atom. The van der Waals surface area contributed by atoms with E-state index in [9.17, 15) is 0 Å². The lowest BCUT2D eigenvalue weighted by Gasteiger charge is -2.09. The maximum absolute atomic E-state index is 5.77. The molecule has 0 fully saturated rings. The fourth-order valence-corrected chi connectivity index (χ4v) is 2.47. The van der Waals surface area contributed by atoms with Crippen LogP contribution in [0.1, 0.15) is 24.0 Å². The van der Waals surface area contributed by atoms with Crippen LogP contribution in [0.3, 0.4) is 0 Å². The van der Waals surface area contributed by atoms with Crippen molar-refractivity contribution in [1.29, 1.82) is 0 Å². The Hall–Kier alpha value is -1.32. The number of hydrogen-bond donors (Lipinski definition) is 1. The molecule has 0 bridgehead atoms. The number of aryl methyl sites for hydroxylation is 1. The topological polar surface area (TPSA) is 35.2 Å². The molecule has 0 aliphatic carbocycles. The van der Waals surface area contributed by atoms with Gasteiger partial charge in [0.05, 0.1) is 6.61 Å². The third kappa shape index (κ3) is 4.66. The molecule has 106 valence electrons. The van der Waals surface area contributed by atoms with E-state index in [1.807, 2.05) is 18.2 Å². The van der Waals surface area contributed by atoms with E-state index in [1.165, 1.54) is 5.56 Å². The molecule has 2 aromatic rings. The van der Waals surface area contributed by atoms with Crippen LogP contribution >= 0.6 is 15.9 Å². The maximum atomic E-state index is 5.77. The van der Waals surface area contributed by atoms with E-state index in [0.717, 1.165) is 41.7 Å². The van der Waals surface area contributed by atoms with Gasteiger partial charge in [0.25, 0.3) is 0 Å². The van der Waals surface area contributed by atoms with E-state index in [0.29, 0.717) is 6.54 Å². The lowest BCUT2D eigenvalue weighted by molar-refractivity contribution is 0.306. The summed E-state index contributed by atoms with van der Waals surface area (Å²) in [4.78, 5) is 0. The third-order valence-electron chi connectivity index (χ3n) is 3.21. The summed E-state index contributed by atoms with van der Waals surface area (Å²) in [5, 5.41) is 0. The largest absolute Gasteiger partial charge is 0.494 e. The average Bonchev–Trinajstić information content (AvgIpc) is 2.49. The second kappa shape index (κ2) is 8.08. The van der Waals surface area contributed by atoms with Crippen molar-refractivity contribution in [2.45, 2.75) is 25.8 Å². The maximum Gasteiger partial charge on any atom is 0.119 e. The smallest absolute Gasteiger partial charge is 0.119 e. The molecule has 20 heavy (non-hydrogen) atoms. The summed E-state index contributed by atoms with van der Waals surface area (Å²) >= 11 is 3.47. The minimum absolute atomic E-state index is 0.520. The summed E-state index contributed by atoms with van der Waals surface area (Å²) in [5.41, 5.74) is 8.14. The molecule has 2 N–H and O–H groups in total. The van der Waals surface area contributed by atoms with Crippen molar-refractivity contribution in [2.75, 3.05) is 6.61 Å². The van der Waals surface area contributed by atoms with Gasteiger partial charge in [0.1, 0.15) is 5.75 Å². The van der Waals surface area contributed by atoms with Crippen molar-refractivity contribution in [3.05, 3.63) is 64.1 Å². The zero-order valence-electron chi connectivity index (χ0n) is 11.5. The summed E-state index contributed by atoms with van der Waals surface area (Å²) in [6.45, 7) is 1.27. The van der Waals surface area contributed by atoms with E-state index in [1.54, 1.807) is 0 Å². The van der Waals surface area contributed by atoms with Gasteiger partial charge in [0.2, 0.25) is 0 Å². The first kappa shape index (κ1) is 15.1. The van der Waals surface area contributed by atoms with Crippen LogP contribution in [-0.2, 0) is 13.0 Å². The van der Waals surface area contributed by atoms with Gasteiger partial charge in [0, 0.05) is 11.0 Å². The fourth-order valence-electron chi connectivity index (χ4n) is 2.06. The van der Waals surface area contributed by atoms with Crippen molar-refractivity contribution in [3.8, 4) is 5.75 Å². The molecule has 0 aromatic heterocycles. The molecule has 0 saturated carbocycles. The number of rotatable bonds is 7. The van der Waals surface area contributed by atoms with Gasteiger partial charge in [-0.25, -0.2) is 0 Å². The minimum Gasteiger partial charge on any atom is -0.494 e. The number of benzene rings is 2. The molecular weight excluding hydrogens is 314 g/mol. The molecule has 2 aromatic carbocycles. The van der Waals surface area contributed by atoms with E-state index >= 15 is 0 Å². The summed E-state index contributed by atoms with van der Waals surface area (Å²) in [7, 11) is 0. The molecule has 0 aliphatic heterocycles. The van der Waals surface area contributed by atoms with Gasteiger partial charge in [-0.15, -0.1) is 0 Å². The predicted octanol–water partition coefficient (Wildman–Crippen LogP) is 4.31. The lowest BCUT2D eigenvalue weighted by Crippen LogP contribution is -2.01. The summed E-state index contributed by atoms with van der Waals surface area (Å²) < 4.78 is 6.80. The van der Waals surface area contributed by atoms with Gasteiger partial charge >= 0.3 is 0 Å². The number of halogens is 1. The van der Waals surface area contributed by atoms with Crippen molar-refractivity contribution >= 4 is 15.9 Å². The number of hydrogen-bond acceptors (Lipinski definition) is 2. The van der Waals surface area contributed by atoms with Gasteiger partial charge in [-0.3, -0.25) is 0 Å². The third-order valence-corrected chi connectivity index (χ3v) is 3.98. The quantitative estimate of drug-likeness (QED) is 0.766. The highest BCUT2D eigenvalue weighted by atomic mass is 79.9. The van der Waals surface area contributed by atoms with Crippen molar-refractivity contribution in [2.24, 2.45) is 5.73 Å². The van der Waals surface area contributed by atoms with Gasteiger partial charge in [0.15, 0.2) is 0 Å². The normalized spacial score (nSPS) is 10.5. The van der Waals surface area contributed by atoms with Gasteiger partial charge in [-0.05, 0) is 48.6 Å². The standard InChI is InChI=1S/C17H20BrNO/c18-17-10-9-16(12-15(17)13-19)20-11-5-4-8-14-6-2-1-3-7-14/h1-3,6-7,9-10,12H,4-5,8,11,13,19H2. The summed E-state index contributed by atoms with van der Waals surface area (Å²) in [5.74, 6) is 0.897. The molecule has 2 rings (SSSR count). The first-order valence-electron chi connectivity index (χ1n) is 6.95. The summed E-state index contributed by atoms with van der Waals surface area (Å²) in [6, 6.07) is 16.5. The van der Waals surface area contributed by atoms with Gasteiger partial charge < -0.3 is 10.5 Å². The Balaban J connectivity index is 1.71. The monoisotopic (exact) mass is 333 g/mol. The second-order valence-corrected chi connectivity index (χ2v) is 5.60. The fraction of sp³-hybridized carbons (Fsp3) is 0.294.